The molecule has 0 aliphatic carbocycles. The minimum atomic E-state index is -0.917. The lowest BCUT2D eigenvalue weighted by atomic mass is 10.0. The van der Waals surface area contributed by atoms with Crippen LogP contribution in [0.3, 0.4) is 0 Å². The number of anilines is 1. The number of aromatic nitrogens is 4. The zero-order chi connectivity index (χ0) is 37.5. The minimum Gasteiger partial charge on any atom is -0.445 e. The molecule has 1 aliphatic heterocycles. The number of carbonyl (C=O) groups excluding carboxylic acids is 4. The topological polar surface area (TPSA) is 181 Å². The highest BCUT2D eigenvalue weighted by atomic mass is 19.1. The molecule has 1 fully saturated rings. The Morgan fingerprint density at radius 3 is 2.38 bits per heavy atom. The number of carbonyl (C=O) groups is 4. The van der Waals surface area contributed by atoms with Crippen LogP contribution < -0.4 is 21.1 Å². The number of benzene rings is 2. The number of rotatable bonds is 11. The summed E-state index contributed by atoms with van der Waals surface area (Å²) < 4.78 is 22.5. The molecule has 5 rings (SSSR count). The number of pyridine rings is 1. The van der Waals surface area contributed by atoms with Crippen molar-refractivity contribution in [2.45, 2.75) is 66.2 Å². The number of H-pyrrole nitrogens is 1. The van der Waals surface area contributed by atoms with Gasteiger partial charge >= 0.3 is 12.2 Å². The first-order chi connectivity index (χ1) is 24.9. The molecule has 0 bridgehead atoms. The van der Waals surface area contributed by atoms with Crippen molar-refractivity contribution in [1.82, 2.24) is 35.4 Å². The van der Waals surface area contributed by atoms with Crippen molar-refractivity contribution in [2.24, 2.45) is 5.92 Å². The maximum Gasteiger partial charge on any atom is 0.434 e. The van der Waals surface area contributed by atoms with E-state index >= 15 is 4.39 Å². The molecule has 3 N–H and O–H groups in total. The number of aromatic amines is 1. The number of Topliss-reactive ketones (excluding diaryl/α,β-unsaturated/α-hetero) is 1. The van der Waals surface area contributed by atoms with E-state index in [1.807, 2.05) is 51.1 Å². The Morgan fingerprint density at radius 1 is 1.02 bits per heavy atom. The van der Waals surface area contributed by atoms with Crippen molar-refractivity contribution < 1.29 is 33.1 Å². The number of hydroxylamine groups is 1. The number of hydrogen-bond donors (Lipinski definition) is 3. The van der Waals surface area contributed by atoms with Gasteiger partial charge in [0.15, 0.2) is 17.0 Å². The molecule has 276 valence electrons. The first-order valence-corrected chi connectivity index (χ1v) is 17.2. The van der Waals surface area contributed by atoms with E-state index in [-0.39, 0.29) is 73.4 Å². The van der Waals surface area contributed by atoms with Crippen molar-refractivity contribution >= 4 is 40.5 Å². The zero-order valence-corrected chi connectivity index (χ0v) is 29.8. The molecule has 0 radical (unpaired) electrons. The molecular formula is C36H43FN8O7. The van der Waals surface area contributed by atoms with Gasteiger partial charge in [-0.2, -0.15) is 10.6 Å². The number of halogens is 1. The highest BCUT2D eigenvalue weighted by Crippen LogP contribution is 2.27. The quantitative estimate of drug-likeness (QED) is 0.147. The summed E-state index contributed by atoms with van der Waals surface area (Å²) in [4.78, 5) is 76.2. The average molecular weight is 719 g/mol. The van der Waals surface area contributed by atoms with Gasteiger partial charge in [0, 0.05) is 50.7 Å². The Hall–Kier alpha value is -5.80. The first-order valence-electron chi connectivity index (χ1n) is 17.2. The summed E-state index contributed by atoms with van der Waals surface area (Å²) in [5.74, 6) is -2.15. The van der Waals surface area contributed by atoms with E-state index in [9.17, 15) is 24.0 Å². The summed E-state index contributed by atoms with van der Waals surface area (Å²) in [6.07, 6.45) is 0.259. The van der Waals surface area contributed by atoms with Crippen LogP contribution in [0, 0.1) is 11.7 Å². The van der Waals surface area contributed by atoms with Crippen molar-refractivity contribution in [3.8, 4) is 0 Å². The molecule has 2 aromatic heterocycles. The fourth-order valence-corrected chi connectivity index (χ4v) is 5.85. The standard InChI is InChI=1S/C36H43FN8O7/c1-6-29(46)25-19-43(7-2)27-18-28(26(37)17-24(27)31(25)47)44-13-15-45(16-14-44)36(50)52-42-34(48)22(5)32-39-33(41-40-32)30(21(3)4)38-35(49)51-20-23-11-9-8-10-12-23/h8-12,17-19,21-22,30H,6-7,13-16,20H2,1-5H3,(H,38,49)(H,42,48)(H,39,40,41)/t22?,30-/m0/s1. The first kappa shape index (κ1) is 37.5. The summed E-state index contributed by atoms with van der Waals surface area (Å²) in [6, 6.07) is 11.4. The number of hydrogen-bond acceptors (Lipinski definition) is 10. The van der Waals surface area contributed by atoms with Crippen LogP contribution in [0.4, 0.5) is 19.7 Å². The number of fused-ring (bicyclic) bond motifs is 1. The van der Waals surface area contributed by atoms with E-state index in [1.165, 1.54) is 17.2 Å². The third-order valence-electron chi connectivity index (χ3n) is 8.98. The largest absolute Gasteiger partial charge is 0.445 e. The van der Waals surface area contributed by atoms with Gasteiger partial charge in [-0.05, 0) is 37.5 Å². The van der Waals surface area contributed by atoms with Crippen LogP contribution in [0.2, 0.25) is 0 Å². The predicted octanol–water partition coefficient (Wildman–Crippen LogP) is 4.59. The number of piperazine rings is 1. The molecule has 0 spiro atoms. The van der Waals surface area contributed by atoms with Gasteiger partial charge in [-0.3, -0.25) is 19.5 Å². The maximum absolute atomic E-state index is 15.4. The van der Waals surface area contributed by atoms with Crippen molar-refractivity contribution in [1.29, 1.82) is 0 Å². The van der Waals surface area contributed by atoms with E-state index in [1.54, 1.807) is 29.4 Å². The lowest BCUT2D eigenvalue weighted by Crippen LogP contribution is -2.50. The lowest BCUT2D eigenvalue weighted by molar-refractivity contribution is -0.131. The number of alkyl carbamates (subject to hydrolysis) is 1. The molecule has 52 heavy (non-hydrogen) atoms. The van der Waals surface area contributed by atoms with E-state index in [2.05, 4.69) is 26.0 Å². The van der Waals surface area contributed by atoms with E-state index in [0.29, 0.717) is 17.9 Å². The second-order valence-corrected chi connectivity index (χ2v) is 12.8. The number of aryl methyl sites for hydroxylation is 1. The van der Waals surface area contributed by atoms with Gasteiger partial charge in [0.25, 0.3) is 5.91 Å². The van der Waals surface area contributed by atoms with Crippen LogP contribution in [-0.4, -0.2) is 74.7 Å². The van der Waals surface area contributed by atoms with Crippen molar-refractivity contribution in [2.75, 3.05) is 31.1 Å². The Kier molecular flexibility index (Phi) is 11.9. The number of ketones is 1. The number of ether oxygens (including phenoxy) is 1. The molecule has 1 unspecified atom stereocenters. The summed E-state index contributed by atoms with van der Waals surface area (Å²) in [6.45, 7) is 10.3. The minimum absolute atomic E-state index is 0.0361. The van der Waals surface area contributed by atoms with Gasteiger partial charge in [0.1, 0.15) is 18.2 Å². The molecule has 16 heteroatoms. The molecule has 4 aromatic rings. The molecular weight excluding hydrogens is 675 g/mol. The molecule has 3 heterocycles. The second kappa shape index (κ2) is 16.5. The summed E-state index contributed by atoms with van der Waals surface area (Å²) in [5, 5.41) is 9.83. The summed E-state index contributed by atoms with van der Waals surface area (Å²) in [5.41, 5.74) is 3.31. The fraction of sp³-hybridized carbons (Fsp3) is 0.417. The highest BCUT2D eigenvalue weighted by molar-refractivity contribution is 5.99. The molecule has 2 atom stereocenters. The lowest BCUT2D eigenvalue weighted by Gasteiger charge is -2.35. The van der Waals surface area contributed by atoms with Crippen molar-refractivity contribution in [3.05, 3.63) is 87.5 Å². The van der Waals surface area contributed by atoms with Crippen molar-refractivity contribution in [3.63, 3.8) is 0 Å². The fourth-order valence-electron chi connectivity index (χ4n) is 5.85. The van der Waals surface area contributed by atoms with Crippen LogP contribution >= 0.6 is 0 Å². The van der Waals surface area contributed by atoms with Gasteiger partial charge < -0.3 is 29.3 Å². The monoisotopic (exact) mass is 718 g/mol. The van der Waals surface area contributed by atoms with Crippen LogP contribution in [0.1, 0.15) is 80.6 Å². The predicted molar refractivity (Wildman–Crippen MR) is 189 cm³/mol. The normalized spacial score (nSPS) is 14.2. The Labute approximate surface area is 299 Å². The number of nitrogens with one attached hydrogen (secondary N) is 3. The van der Waals surface area contributed by atoms with E-state index < -0.39 is 41.3 Å². The third kappa shape index (κ3) is 8.38. The summed E-state index contributed by atoms with van der Waals surface area (Å²) in [7, 11) is 0. The number of amides is 3. The maximum atomic E-state index is 15.4. The Balaban J connectivity index is 1.14. The van der Waals surface area contributed by atoms with E-state index in [4.69, 9.17) is 9.57 Å². The zero-order valence-electron chi connectivity index (χ0n) is 29.8. The Morgan fingerprint density at radius 2 is 1.73 bits per heavy atom. The molecule has 3 amide bonds. The molecule has 15 nitrogen and oxygen atoms in total. The molecule has 2 aromatic carbocycles. The van der Waals surface area contributed by atoms with Gasteiger partial charge in [-0.15, -0.1) is 0 Å². The highest BCUT2D eigenvalue weighted by Gasteiger charge is 2.29. The average Bonchev–Trinajstić information content (AvgIpc) is 3.65. The van der Waals surface area contributed by atoms with Gasteiger partial charge in [-0.1, -0.05) is 51.1 Å². The van der Waals surface area contributed by atoms with Crippen LogP contribution in [0.25, 0.3) is 10.9 Å². The summed E-state index contributed by atoms with van der Waals surface area (Å²) >= 11 is 0. The molecule has 0 saturated carbocycles. The second-order valence-electron chi connectivity index (χ2n) is 12.8. The molecule has 1 aliphatic rings. The van der Waals surface area contributed by atoms with Crippen LogP contribution in [0.5, 0.6) is 0 Å². The van der Waals surface area contributed by atoms with Gasteiger partial charge in [0.2, 0.25) is 0 Å². The smallest absolute Gasteiger partial charge is 0.434 e. The van der Waals surface area contributed by atoms with Crippen LogP contribution in [0.15, 0.2) is 53.5 Å². The van der Waals surface area contributed by atoms with Crippen LogP contribution in [-0.2, 0) is 27.5 Å². The van der Waals surface area contributed by atoms with Gasteiger partial charge in [-0.25, -0.2) is 19.0 Å². The van der Waals surface area contributed by atoms with Gasteiger partial charge in [0.05, 0.1) is 28.7 Å². The van der Waals surface area contributed by atoms with E-state index in [0.717, 1.165) is 5.56 Å². The third-order valence-corrected chi connectivity index (χ3v) is 8.98. The SMILES string of the molecule is CCC(=O)c1cn(CC)c2cc(N3CCN(C(=O)ONC(=O)C(C)c4n[nH]c([C@@H](NC(=O)OCc5ccccc5)C(C)C)n4)CC3)c(F)cc2c1=O. The molecule has 1 saturated heterocycles. The number of nitrogens with zero attached hydrogens (tertiary/aromatic N) is 5. The Bertz CT molecular complexity index is 1990.